The van der Waals surface area contributed by atoms with E-state index in [2.05, 4.69) is 25.4 Å². The number of halogens is 1. The maximum absolute atomic E-state index is 13.1. The normalized spacial score (nSPS) is 12.5. The van der Waals surface area contributed by atoms with Gasteiger partial charge >= 0.3 is 0 Å². The zero-order chi connectivity index (χ0) is 22.9. The molecule has 8 nitrogen and oxygen atoms in total. The highest BCUT2D eigenvalue weighted by molar-refractivity contribution is 5.92. The van der Waals surface area contributed by atoms with Crippen LogP contribution >= 0.6 is 0 Å². The molecule has 1 atom stereocenters. The second-order valence-electron chi connectivity index (χ2n) is 8.49. The minimum absolute atomic E-state index is 0.227. The van der Waals surface area contributed by atoms with Gasteiger partial charge in [-0.15, -0.1) is 0 Å². The number of carbonyl (C=O) groups is 1. The van der Waals surface area contributed by atoms with Gasteiger partial charge in [-0.1, -0.05) is 38.1 Å². The number of amides is 1. The number of aromatic nitrogens is 5. The van der Waals surface area contributed by atoms with Crippen molar-refractivity contribution in [3.63, 3.8) is 0 Å². The third-order valence-corrected chi connectivity index (χ3v) is 4.89. The zero-order valence-electron chi connectivity index (χ0n) is 18.2. The largest absolute Gasteiger partial charge is 0.344 e. The van der Waals surface area contributed by atoms with E-state index in [0.29, 0.717) is 23.1 Å². The predicted octanol–water partition coefficient (Wildman–Crippen LogP) is 4.24. The topological polar surface area (TPSA) is 98.7 Å². The van der Waals surface area contributed by atoms with E-state index < -0.39 is 0 Å². The van der Waals surface area contributed by atoms with Gasteiger partial charge in [0.05, 0.1) is 6.04 Å². The summed E-state index contributed by atoms with van der Waals surface area (Å²) in [6.45, 7) is 7.85. The first-order valence-corrected chi connectivity index (χ1v) is 10.1. The molecule has 1 N–H and O–H groups in total. The van der Waals surface area contributed by atoms with Gasteiger partial charge < -0.3 is 9.84 Å². The van der Waals surface area contributed by atoms with Crippen LogP contribution in [0.2, 0.25) is 0 Å². The van der Waals surface area contributed by atoms with Crippen LogP contribution in [0.15, 0.2) is 59.6 Å². The van der Waals surface area contributed by atoms with Crippen molar-refractivity contribution in [2.24, 2.45) is 0 Å². The van der Waals surface area contributed by atoms with Crippen molar-refractivity contribution >= 4 is 5.91 Å². The molecule has 4 aromatic rings. The Morgan fingerprint density at radius 2 is 1.91 bits per heavy atom. The quantitative estimate of drug-likeness (QED) is 0.504. The second-order valence-corrected chi connectivity index (χ2v) is 8.49. The van der Waals surface area contributed by atoms with Crippen molar-refractivity contribution < 1.29 is 13.7 Å². The predicted molar refractivity (Wildman–Crippen MR) is 116 cm³/mol. The summed E-state index contributed by atoms with van der Waals surface area (Å²) in [5.41, 5.74) is 1.51. The highest BCUT2D eigenvalue weighted by Crippen LogP contribution is 2.24. The van der Waals surface area contributed by atoms with E-state index in [1.807, 2.05) is 27.7 Å². The molecule has 1 amide bonds. The summed E-state index contributed by atoms with van der Waals surface area (Å²) in [4.78, 5) is 25.6. The molecule has 3 aromatic heterocycles. The summed E-state index contributed by atoms with van der Waals surface area (Å²) in [5.74, 6) is 0.892. The van der Waals surface area contributed by atoms with Crippen LogP contribution in [0.5, 0.6) is 0 Å². The fourth-order valence-electron chi connectivity index (χ4n) is 3.01. The SMILES string of the molecule is C[C@H](NC(=O)c1cn(-c2cc(-c3nc(C(C)(C)C)no3)ccn2)cn1)c1ccc(F)cc1. The van der Waals surface area contributed by atoms with Crippen molar-refractivity contribution in [2.75, 3.05) is 0 Å². The molecule has 1 aromatic carbocycles. The van der Waals surface area contributed by atoms with Crippen LogP contribution in [0.4, 0.5) is 4.39 Å². The molecule has 0 aliphatic rings. The summed E-state index contributed by atoms with van der Waals surface area (Å²) in [5, 5.41) is 6.91. The Balaban J connectivity index is 1.51. The van der Waals surface area contributed by atoms with Gasteiger partial charge in [0.2, 0.25) is 0 Å². The highest BCUT2D eigenvalue weighted by atomic mass is 19.1. The van der Waals surface area contributed by atoms with E-state index in [9.17, 15) is 9.18 Å². The van der Waals surface area contributed by atoms with Crippen molar-refractivity contribution in [3.8, 4) is 17.3 Å². The molecule has 0 saturated carbocycles. The van der Waals surface area contributed by atoms with E-state index in [-0.39, 0.29) is 28.9 Å². The van der Waals surface area contributed by atoms with E-state index in [0.717, 1.165) is 5.56 Å². The number of hydrogen-bond donors (Lipinski definition) is 1. The van der Waals surface area contributed by atoms with Gasteiger partial charge in [0, 0.05) is 23.4 Å². The minimum Gasteiger partial charge on any atom is -0.344 e. The average Bonchev–Trinajstić information content (AvgIpc) is 3.44. The molecule has 0 radical (unpaired) electrons. The fraction of sp³-hybridized carbons (Fsp3) is 0.261. The second kappa shape index (κ2) is 8.33. The molecule has 0 aliphatic heterocycles. The van der Waals surface area contributed by atoms with Crippen molar-refractivity contribution in [3.05, 3.63) is 78.0 Å². The van der Waals surface area contributed by atoms with E-state index in [1.54, 1.807) is 41.2 Å². The molecular formula is C23H23FN6O2. The van der Waals surface area contributed by atoms with Crippen LogP contribution in [-0.4, -0.2) is 30.6 Å². The summed E-state index contributed by atoms with van der Waals surface area (Å²) < 4.78 is 20.2. The van der Waals surface area contributed by atoms with Crippen molar-refractivity contribution in [1.29, 1.82) is 0 Å². The first kappa shape index (κ1) is 21.4. The molecule has 164 valence electrons. The van der Waals surface area contributed by atoms with Gasteiger partial charge in [0.1, 0.15) is 23.7 Å². The number of rotatable bonds is 5. The van der Waals surface area contributed by atoms with Gasteiger partial charge in [0.25, 0.3) is 11.8 Å². The monoisotopic (exact) mass is 434 g/mol. The van der Waals surface area contributed by atoms with Crippen LogP contribution in [0.3, 0.4) is 0 Å². The Hall–Kier alpha value is -3.88. The van der Waals surface area contributed by atoms with Crippen molar-refractivity contribution in [2.45, 2.75) is 39.2 Å². The third kappa shape index (κ3) is 4.56. The Morgan fingerprint density at radius 3 is 2.59 bits per heavy atom. The molecule has 0 spiro atoms. The summed E-state index contributed by atoms with van der Waals surface area (Å²) in [6.07, 6.45) is 4.73. The average molecular weight is 434 g/mol. The number of nitrogens with zero attached hydrogens (tertiary/aromatic N) is 5. The lowest BCUT2D eigenvalue weighted by atomic mass is 9.96. The van der Waals surface area contributed by atoms with Gasteiger partial charge in [-0.05, 0) is 36.8 Å². The van der Waals surface area contributed by atoms with E-state index >= 15 is 0 Å². The van der Waals surface area contributed by atoms with Crippen LogP contribution in [0.1, 0.15) is 55.6 Å². The summed E-state index contributed by atoms with van der Waals surface area (Å²) in [6, 6.07) is 9.25. The van der Waals surface area contributed by atoms with Crippen LogP contribution in [0, 0.1) is 5.82 Å². The first-order valence-electron chi connectivity index (χ1n) is 10.1. The van der Waals surface area contributed by atoms with Gasteiger partial charge in [-0.2, -0.15) is 4.98 Å². The van der Waals surface area contributed by atoms with Crippen LogP contribution in [0.25, 0.3) is 17.3 Å². The first-order chi connectivity index (χ1) is 15.2. The van der Waals surface area contributed by atoms with Crippen LogP contribution in [-0.2, 0) is 5.41 Å². The minimum atomic E-state index is -0.344. The summed E-state index contributed by atoms with van der Waals surface area (Å²) >= 11 is 0. The standard InChI is InChI=1S/C23H23FN6O2/c1-14(15-5-7-17(24)8-6-15)27-20(31)18-12-30(13-26-18)19-11-16(9-10-25-19)21-28-22(29-32-21)23(2,3)4/h5-14H,1-4H3,(H,27,31)/t14-/m0/s1. The maximum Gasteiger partial charge on any atom is 0.271 e. The molecule has 0 fully saturated rings. The zero-order valence-corrected chi connectivity index (χ0v) is 18.2. The lowest BCUT2D eigenvalue weighted by Gasteiger charge is -2.13. The molecule has 0 bridgehead atoms. The molecule has 0 saturated heterocycles. The number of pyridine rings is 1. The van der Waals surface area contributed by atoms with Crippen LogP contribution < -0.4 is 5.32 Å². The Kier molecular flexibility index (Phi) is 5.56. The third-order valence-electron chi connectivity index (χ3n) is 4.89. The van der Waals surface area contributed by atoms with Gasteiger partial charge in [-0.3, -0.25) is 9.36 Å². The molecule has 4 rings (SSSR count). The van der Waals surface area contributed by atoms with Gasteiger partial charge in [-0.25, -0.2) is 14.4 Å². The van der Waals surface area contributed by atoms with Crippen molar-refractivity contribution in [1.82, 2.24) is 30.0 Å². The fourth-order valence-corrected chi connectivity index (χ4v) is 3.01. The number of carbonyl (C=O) groups excluding carboxylic acids is 1. The number of hydrogen-bond acceptors (Lipinski definition) is 6. The Labute approximate surface area is 184 Å². The van der Waals surface area contributed by atoms with E-state index in [4.69, 9.17) is 4.52 Å². The highest BCUT2D eigenvalue weighted by Gasteiger charge is 2.22. The molecule has 0 unspecified atom stereocenters. The van der Waals surface area contributed by atoms with Gasteiger partial charge in [0.15, 0.2) is 5.82 Å². The van der Waals surface area contributed by atoms with E-state index in [1.165, 1.54) is 18.5 Å². The molecule has 32 heavy (non-hydrogen) atoms. The smallest absolute Gasteiger partial charge is 0.271 e. The molecule has 9 heteroatoms. The number of nitrogens with one attached hydrogen (secondary N) is 1. The maximum atomic E-state index is 13.1. The summed E-state index contributed by atoms with van der Waals surface area (Å²) in [7, 11) is 0. The molecular weight excluding hydrogens is 411 g/mol. The number of imidazole rings is 1. The Bertz CT molecular complexity index is 1240. The number of benzene rings is 1. The Morgan fingerprint density at radius 1 is 1.16 bits per heavy atom. The lowest BCUT2D eigenvalue weighted by Crippen LogP contribution is -2.26. The lowest BCUT2D eigenvalue weighted by molar-refractivity contribution is 0.0935. The molecule has 0 aliphatic carbocycles. The molecule has 3 heterocycles.